The Balaban J connectivity index is 2.04. The Kier molecular flexibility index (Phi) is 4.20. The van der Waals surface area contributed by atoms with Crippen molar-refractivity contribution in [2.24, 2.45) is 0 Å². The van der Waals surface area contributed by atoms with Gasteiger partial charge in [-0.1, -0.05) is 15.9 Å². The molecule has 1 saturated heterocycles. The van der Waals surface area contributed by atoms with Crippen molar-refractivity contribution < 1.29 is 17.8 Å². The maximum atomic E-state index is 13.4. The van der Waals surface area contributed by atoms with Gasteiger partial charge in [0.15, 0.2) is 0 Å². The lowest BCUT2D eigenvalue weighted by atomic mass is 9.86. The molecule has 0 aromatic heterocycles. The van der Waals surface area contributed by atoms with Crippen LogP contribution >= 0.6 is 15.9 Å². The number of anilines is 1. The van der Waals surface area contributed by atoms with Crippen LogP contribution in [0.4, 0.5) is 18.9 Å². The van der Waals surface area contributed by atoms with Gasteiger partial charge in [-0.2, -0.15) is 13.2 Å². The summed E-state index contributed by atoms with van der Waals surface area (Å²) in [6.45, 7) is 1.57. The van der Waals surface area contributed by atoms with Gasteiger partial charge in [-0.05, 0) is 37.2 Å². The van der Waals surface area contributed by atoms with E-state index in [1.807, 2.05) is 11.0 Å². The van der Waals surface area contributed by atoms with Gasteiger partial charge in [-0.3, -0.25) is 0 Å². The average molecular weight is 377 g/mol. The van der Waals surface area contributed by atoms with Crippen molar-refractivity contribution in [2.75, 3.05) is 32.1 Å². The van der Waals surface area contributed by atoms with Gasteiger partial charge in [0.25, 0.3) is 0 Å². The van der Waals surface area contributed by atoms with Gasteiger partial charge in [0.2, 0.25) is 0 Å². The Hall–Kier alpha value is -0.725. The molecule has 120 valence electrons. The first kappa shape index (κ1) is 16.1. The number of nitrogens with zero attached hydrogens (tertiary/aromatic N) is 2. The van der Waals surface area contributed by atoms with E-state index in [1.165, 1.54) is 6.07 Å². The molecule has 0 amide bonds. The predicted molar refractivity (Wildman–Crippen MR) is 84.4 cm³/mol. The Morgan fingerprint density at radius 3 is 2.73 bits per heavy atom. The molecule has 0 radical (unpaired) electrons. The largest absolute Gasteiger partial charge is 0.427 e. The van der Waals surface area contributed by atoms with Gasteiger partial charge < -0.3 is 14.4 Å². The quantitative estimate of drug-likeness (QED) is 0.738. The van der Waals surface area contributed by atoms with Crippen LogP contribution in [-0.2, 0) is 10.8 Å². The molecule has 2 heterocycles. The van der Waals surface area contributed by atoms with Gasteiger partial charge in [0.05, 0.1) is 11.3 Å². The Labute approximate surface area is 136 Å². The third-order valence-corrected chi connectivity index (χ3v) is 5.09. The zero-order valence-corrected chi connectivity index (χ0v) is 14.0. The smallest absolute Gasteiger partial charge is 0.418 e. The summed E-state index contributed by atoms with van der Waals surface area (Å²) in [6.07, 6.45) is -3.50. The van der Waals surface area contributed by atoms with Crippen LogP contribution in [0.1, 0.15) is 23.5 Å². The number of rotatable bonds is 2. The van der Waals surface area contributed by atoms with E-state index in [4.69, 9.17) is 4.65 Å². The van der Waals surface area contributed by atoms with E-state index in [0.717, 1.165) is 25.1 Å². The molecular weight excluding hydrogens is 360 g/mol. The van der Waals surface area contributed by atoms with Crippen LogP contribution in [0.25, 0.3) is 0 Å². The normalized spacial score (nSPS) is 25.1. The minimum absolute atomic E-state index is 0.0856. The summed E-state index contributed by atoms with van der Waals surface area (Å²) < 4.78 is 45.8. The summed E-state index contributed by atoms with van der Waals surface area (Å²) in [4.78, 5) is 3.97. The number of piperidine rings is 1. The number of hydrogen-bond donors (Lipinski definition) is 0. The van der Waals surface area contributed by atoms with Gasteiger partial charge >= 0.3 is 13.8 Å². The summed E-state index contributed by atoms with van der Waals surface area (Å²) in [5.41, 5.74) is 0.576. The van der Waals surface area contributed by atoms with Crippen LogP contribution < -0.4 is 4.90 Å². The van der Waals surface area contributed by atoms with Crippen molar-refractivity contribution in [2.45, 2.75) is 24.6 Å². The van der Waals surface area contributed by atoms with Crippen molar-refractivity contribution in [3.05, 3.63) is 27.7 Å². The molecule has 2 atom stereocenters. The molecule has 0 aliphatic carbocycles. The molecule has 2 aliphatic heterocycles. The number of hydrogen-bond acceptors (Lipinski definition) is 3. The molecule has 0 saturated carbocycles. The Morgan fingerprint density at radius 2 is 2.09 bits per heavy atom. The molecule has 0 unspecified atom stereocenters. The first-order valence-electron chi connectivity index (χ1n) is 7.17. The molecule has 0 spiro atoms. The summed E-state index contributed by atoms with van der Waals surface area (Å²) in [6, 6.07) is 3.14. The fraction of sp³-hybridized carbons (Fsp3) is 0.571. The number of fused-ring (bicyclic) bond motifs is 3. The van der Waals surface area contributed by atoms with E-state index in [2.05, 4.69) is 20.7 Å². The van der Waals surface area contributed by atoms with Gasteiger partial charge in [-0.15, -0.1) is 0 Å². The third kappa shape index (κ3) is 2.65. The minimum atomic E-state index is -4.35. The lowest BCUT2D eigenvalue weighted by Crippen LogP contribution is -2.46. The molecule has 3 rings (SSSR count). The lowest BCUT2D eigenvalue weighted by Gasteiger charge is -2.37. The van der Waals surface area contributed by atoms with Crippen molar-refractivity contribution >= 4 is 29.2 Å². The first-order valence-corrected chi connectivity index (χ1v) is 7.97. The van der Waals surface area contributed by atoms with Crippen molar-refractivity contribution in [3.8, 4) is 0 Å². The van der Waals surface area contributed by atoms with Crippen LogP contribution in [0.5, 0.6) is 0 Å². The van der Waals surface area contributed by atoms with E-state index in [-0.39, 0.29) is 12.0 Å². The van der Waals surface area contributed by atoms with Crippen LogP contribution in [0.3, 0.4) is 0 Å². The van der Waals surface area contributed by atoms with Gasteiger partial charge in [0.1, 0.15) is 0 Å². The summed E-state index contributed by atoms with van der Waals surface area (Å²) >= 11 is 3.23. The molecule has 1 aromatic carbocycles. The summed E-state index contributed by atoms with van der Waals surface area (Å²) in [5.74, 6) is 0.0856. The van der Waals surface area contributed by atoms with Crippen molar-refractivity contribution in [3.63, 3.8) is 0 Å². The molecule has 3 nitrogen and oxygen atoms in total. The molecule has 1 fully saturated rings. The van der Waals surface area contributed by atoms with E-state index in [1.54, 1.807) is 14.2 Å². The second kappa shape index (κ2) is 5.72. The van der Waals surface area contributed by atoms with Crippen molar-refractivity contribution in [1.82, 2.24) is 4.81 Å². The molecular formula is C14H17BBrF3N2O. The number of likely N-dealkylation sites (N-methyl/N-ethyl adjacent to an activating group) is 1. The molecule has 2 aliphatic rings. The van der Waals surface area contributed by atoms with E-state index < -0.39 is 11.7 Å². The lowest BCUT2D eigenvalue weighted by molar-refractivity contribution is -0.137. The molecule has 1 aromatic rings. The highest BCUT2D eigenvalue weighted by atomic mass is 79.9. The second-order valence-corrected chi connectivity index (χ2v) is 6.87. The standard InChI is InChI=1S/C14H17BBrF3N2O/c1-20-12-3-4-21(15-22-2)7-10(12)9-5-8(16)6-11(13(9)20)14(17,18)19/h5-6,10,12,15H,3-4,7H2,1-2H3/t10-,12-/m0/s1. The number of alkyl halides is 3. The average Bonchev–Trinajstić information content (AvgIpc) is 2.70. The fourth-order valence-corrected chi connectivity index (χ4v) is 4.23. The third-order valence-electron chi connectivity index (χ3n) is 4.63. The SMILES string of the molecule is COBN1CC[C@H]2[C@@H](C1)c1cc(Br)cc(C(F)(F)F)c1N2C. The maximum absolute atomic E-state index is 13.4. The zero-order valence-electron chi connectivity index (χ0n) is 12.5. The van der Waals surface area contributed by atoms with Crippen LogP contribution in [0, 0.1) is 0 Å². The van der Waals surface area contributed by atoms with Gasteiger partial charge in [-0.25, -0.2) is 0 Å². The summed E-state index contributed by atoms with van der Waals surface area (Å²) in [7, 11) is 3.93. The topological polar surface area (TPSA) is 15.7 Å². The van der Waals surface area contributed by atoms with Crippen molar-refractivity contribution in [1.29, 1.82) is 0 Å². The van der Waals surface area contributed by atoms with Crippen LogP contribution in [-0.4, -0.2) is 45.7 Å². The van der Waals surface area contributed by atoms with E-state index in [9.17, 15) is 13.2 Å². The van der Waals surface area contributed by atoms with E-state index in [0.29, 0.717) is 17.8 Å². The molecule has 22 heavy (non-hydrogen) atoms. The molecule has 8 heteroatoms. The highest BCUT2D eigenvalue weighted by Gasteiger charge is 2.46. The Bertz CT molecular complexity index is 584. The zero-order chi connectivity index (χ0) is 16.1. The molecule has 0 N–H and O–H groups in total. The van der Waals surface area contributed by atoms with Crippen LogP contribution in [0.15, 0.2) is 16.6 Å². The fourth-order valence-electron chi connectivity index (χ4n) is 3.75. The number of halogens is 4. The number of benzene rings is 1. The summed E-state index contributed by atoms with van der Waals surface area (Å²) in [5, 5.41) is 0. The monoisotopic (exact) mass is 376 g/mol. The molecule has 0 bridgehead atoms. The van der Waals surface area contributed by atoms with Gasteiger partial charge in [0, 0.05) is 30.6 Å². The highest BCUT2D eigenvalue weighted by Crippen LogP contribution is 2.50. The predicted octanol–water partition coefficient (Wildman–Crippen LogP) is 2.99. The van der Waals surface area contributed by atoms with Crippen LogP contribution in [0.2, 0.25) is 0 Å². The van der Waals surface area contributed by atoms with E-state index >= 15 is 0 Å². The second-order valence-electron chi connectivity index (χ2n) is 5.96. The minimum Gasteiger partial charge on any atom is -0.427 e. The first-order chi connectivity index (χ1) is 10.3. The Morgan fingerprint density at radius 1 is 1.36 bits per heavy atom. The maximum Gasteiger partial charge on any atom is 0.418 e. The highest BCUT2D eigenvalue weighted by molar-refractivity contribution is 9.10.